The van der Waals surface area contributed by atoms with E-state index in [1.54, 1.807) is 25.1 Å². The molecule has 0 radical (unpaired) electrons. The molecule has 0 aliphatic heterocycles. The van der Waals surface area contributed by atoms with Crippen LogP contribution in [-0.2, 0) is 4.79 Å². The highest BCUT2D eigenvalue weighted by Crippen LogP contribution is 2.23. The normalized spacial score (nSPS) is 13.4. The van der Waals surface area contributed by atoms with E-state index in [0.29, 0.717) is 5.56 Å². The predicted molar refractivity (Wildman–Crippen MR) is 100.0 cm³/mol. The first kappa shape index (κ1) is 17.1. The maximum atomic E-state index is 13.9. The molecule has 0 bridgehead atoms. The lowest BCUT2D eigenvalue weighted by Crippen LogP contribution is -2.39. The van der Waals surface area contributed by atoms with Gasteiger partial charge in [-0.1, -0.05) is 54.6 Å². The van der Waals surface area contributed by atoms with Crippen molar-refractivity contribution in [3.63, 3.8) is 0 Å². The summed E-state index contributed by atoms with van der Waals surface area (Å²) in [6.45, 7) is 3.62. The fourth-order valence-corrected chi connectivity index (χ4v) is 2.94. The maximum Gasteiger partial charge on any atom is 0.241 e. The van der Waals surface area contributed by atoms with Gasteiger partial charge in [-0.15, -0.1) is 0 Å². The van der Waals surface area contributed by atoms with Crippen molar-refractivity contribution in [3.05, 3.63) is 78.1 Å². The molecule has 128 valence electrons. The van der Waals surface area contributed by atoms with Gasteiger partial charge < -0.3 is 5.32 Å². The first-order valence-corrected chi connectivity index (χ1v) is 8.35. The molecular weight excluding hydrogens is 315 g/mol. The topological polar surface area (TPSA) is 41.1 Å². The highest BCUT2D eigenvalue weighted by Gasteiger charge is 2.18. The van der Waals surface area contributed by atoms with Gasteiger partial charge in [0.15, 0.2) is 0 Å². The molecule has 2 atom stereocenters. The number of nitrogens with one attached hydrogen (secondary N) is 2. The molecule has 0 spiro atoms. The van der Waals surface area contributed by atoms with Crippen LogP contribution in [0.2, 0.25) is 0 Å². The van der Waals surface area contributed by atoms with Crippen molar-refractivity contribution in [1.82, 2.24) is 5.32 Å². The first-order chi connectivity index (χ1) is 12.1. The molecule has 25 heavy (non-hydrogen) atoms. The van der Waals surface area contributed by atoms with E-state index < -0.39 is 6.04 Å². The van der Waals surface area contributed by atoms with Gasteiger partial charge in [0, 0.05) is 22.7 Å². The van der Waals surface area contributed by atoms with Crippen LogP contribution in [-0.4, -0.2) is 11.9 Å². The Hall–Kier alpha value is -2.72. The zero-order chi connectivity index (χ0) is 17.8. The van der Waals surface area contributed by atoms with Crippen LogP contribution in [0.1, 0.15) is 25.5 Å². The summed E-state index contributed by atoms with van der Waals surface area (Å²) in [6, 6.07) is 19.6. The van der Waals surface area contributed by atoms with Gasteiger partial charge in [-0.25, -0.2) is 4.39 Å². The molecule has 4 heteroatoms. The van der Waals surface area contributed by atoms with E-state index in [1.165, 1.54) is 6.07 Å². The predicted octanol–water partition coefficient (Wildman–Crippen LogP) is 4.66. The Kier molecular flexibility index (Phi) is 5.10. The van der Waals surface area contributed by atoms with E-state index in [4.69, 9.17) is 0 Å². The smallest absolute Gasteiger partial charge is 0.241 e. The van der Waals surface area contributed by atoms with E-state index in [-0.39, 0.29) is 17.8 Å². The largest absolute Gasteiger partial charge is 0.324 e. The van der Waals surface area contributed by atoms with E-state index in [9.17, 15) is 9.18 Å². The summed E-state index contributed by atoms with van der Waals surface area (Å²) >= 11 is 0. The zero-order valence-corrected chi connectivity index (χ0v) is 14.3. The van der Waals surface area contributed by atoms with Gasteiger partial charge in [0.25, 0.3) is 0 Å². The Morgan fingerprint density at radius 3 is 2.40 bits per heavy atom. The molecule has 3 rings (SSSR count). The van der Waals surface area contributed by atoms with Crippen LogP contribution >= 0.6 is 0 Å². The van der Waals surface area contributed by atoms with Crippen LogP contribution in [0.15, 0.2) is 66.7 Å². The summed E-state index contributed by atoms with van der Waals surface area (Å²) in [5.41, 5.74) is 1.32. The van der Waals surface area contributed by atoms with Crippen molar-refractivity contribution < 1.29 is 9.18 Å². The van der Waals surface area contributed by atoms with Gasteiger partial charge in [-0.3, -0.25) is 10.1 Å². The molecule has 0 aliphatic carbocycles. The molecular formula is C21H21FN2O. The van der Waals surface area contributed by atoms with Gasteiger partial charge in [0.1, 0.15) is 5.82 Å². The first-order valence-electron chi connectivity index (χ1n) is 8.35. The third-order valence-corrected chi connectivity index (χ3v) is 4.31. The van der Waals surface area contributed by atoms with Crippen LogP contribution in [0.5, 0.6) is 0 Å². The highest BCUT2D eigenvalue weighted by atomic mass is 19.1. The van der Waals surface area contributed by atoms with Crippen molar-refractivity contribution in [3.8, 4) is 0 Å². The molecule has 0 aromatic heterocycles. The summed E-state index contributed by atoms with van der Waals surface area (Å²) in [5.74, 6) is -0.427. The van der Waals surface area contributed by atoms with Crippen molar-refractivity contribution >= 4 is 22.4 Å². The number of fused-ring (bicyclic) bond motifs is 1. The Morgan fingerprint density at radius 1 is 0.920 bits per heavy atom. The number of carbonyl (C=O) groups is 1. The second-order valence-electron chi connectivity index (χ2n) is 6.15. The van der Waals surface area contributed by atoms with E-state index in [2.05, 4.69) is 10.6 Å². The van der Waals surface area contributed by atoms with Gasteiger partial charge in [0.2, 0.25) is 5.91 Å². The highest BCUT2D eigenvalue weighted by molar-refractivity contribution is 6.03. The molecule has 2 unspecified atom stereocenters. The van der Waals surface area contributed by atoms with Gasteiger partial charge in [-0.2, -0.15) is 0 Å². The Labute approximate surface area is 146 Å². The number of hydrogen-bond acceptors (Lipinski definition) is 2. The average Bonchev–Trinajstić information content (AvgIpc) is 2.62. The van der Waals surface area contributed by atoms with Gasteiger partial charge in [-0.05, 0) is 31.4 Å². The van der Waals surface area contributed by atoms with Crippen molar-refractivity contribution in [2.24, 2.45) is 0 Å². The third-order valence-electron chi connectivity index (χ3n) is 4.31. The van der Waals surface area contributed by atoms with Gasteiger partial charge in [0.05, 0.1) is 6.04 Å². The molecule has 0 saturated carbocycles. The van der Waals surface area contributed by atoms with E-state index in [0.717, 1.165) is 16.5 Å². The SMILES string of the molecule is CC(NC(C)c1ccccc1F)C(=O)Nc1cccc2ccccc12. The fourth-order valence-electron chi connectivity index (χ4n) is 2.94. The van der Waals surface area contributed by atoms with Crippen molar-refractivity contribution in [2.75, 3.05) is 5.32 Å². The molecule has 0 aliphatic rings. The second-order valence-corrected chi connectivity index (χ2v) is 6.15. The van der Waals surface area contributed by atoms with Crippen LogP contribution < -0.4 is 10.6 Å². The maximum absolute atomic E-state index is 13.9. The summed E-state index contributed by atoms with van der Waals surface area (Å²) in [5, 5.41) is 8.18. The van der Waals surface area contributed by atoms with Gasteiger partial charge >= 0.3 is 0 Å². The lowest BCUT2D eigenvalue weighted by molar-refractivity contribution is -0.117. The number of halogens is 1. The van der Waals surface area contributed by atoms with Crippen molar-refractivity contribution in [2.45, 2.75) is 25.9 Å². The number of benzene rings is 3. The molecule has 0 heterocycles. The molecule has 3 aromatic carbocycles. The quantitative estimate of drug-likeness (QED) is 0.712. The van der Waals surface area contributed by atoms with E-state index in [1.807, 2.05) is 49.4 Å². The van der Waals surface area contributed by atoms with Crippen LogP contribution in [0.4, 0.5) is 10.1 Å². The lowest BCUT2D eigenvalue weighted by Gasteiger charge is -2.20. The summed E-state index contributed by atoms with van der Waals surface area (Å²) in [7, 11) is 0. The zero-order valence-electron chi connectivity index (χ0n) is 14.3. The number of carbonyl (C=O) groups excluding carboxylic acids is 1. The van der Waals surface area contributed by atoms with Crippen LogP contribution in [0.3, 0.4) is 0 Å². The summed E-state index contributed by atoms with van der Waals surface area (Å²) in [4.78, 5) is 12.5. The number of hydrogen-bond donors (Lipinski definition) is 2. The monoisotopic (exact) mass is 336 g/mol. The third kappa shape index (κ3) is 3.86. The average molecular weight is 336 g/mol. The molecule has 1 amide bonds. The summed E-state index contributed by atoms with van der Waals surface area (Å²) in [6.07, 6.45) is 0. The van der Waals surface area contributed by atoms with E-state index >= 15 is 0 Å². The Balaban J connectivity index is 1.71. The molecule has 0 saturated heterocycles. The number of rotatable bonds is 5. The number of anilines is 1. The summed E-state index contributed by atoms with van der Waals surface area (Å²) < 4.78 is 13.9. The Bertz CT molecular complexity index is 888. The lowest BCUT2D eigenvalue weighted by atomic mass is 10.1. The van der Waals surface area contributed by atoms with Crippen LogP contribution in [0.25, 0.3) is 10.8 Å². The fraction of sp³-hybridized carbons (Fsp3) is 0.190. The standard InChI is InChI=1S/C21H21FN2O/c1-14(17-10-5-6-12-19(17)22)23-15(2)21(25)24-20-13-7-9-16-8-3-4-11-18(16)20/h3-15,23H,1-2H3,(H,24,25). The number of amides is 1. The molecule has 3 aromatic rings. The minimum atomic E-state index is -0.464. The van der Waals surface area contributed by atoms with Crippen LogP contribution in [0, 0.1) is 5.82 Å². The minimum absolute atomic E-state index is 0.153. The Morgan fingerprint density at radius 2 is 1.60 bits per heavy atom. The molecule has 2 N–H and O–H groups in total. The van der Waals surface area contributed by atoms with Crippen molar-refractivity contribution in [1.29, 1.82) is 0 Å². The molecule has 0 fully saturated rings. The minimum Gasteiger partial charge on any atom is -0.324 e. The molecule has 3 nitrogen and oxygen atoms in total. The second kappa shape index (κ2) is 7.45.